The van der Waals surface area contributed by atoms with Crippen LogP contribution in [0.5, 0.6) is 0 Å². The molecule has 0 aromatic heterocycles. The van der Waals surface area contributed by atoms with Gasteiger partial charge < -0.3 is 30.5 Å². The van der Waals surface area contributed by atoms with E-state index in [9.17, 15) is 15.3 Å². The smallest absolute Gasteiger partial charge is 0.186 e. The van der Waals surface area contributed by atoms with E-state index in [-0.39, 0.29) is 0 Å². The van der Waals surface area contributed by atoms with Crippen LogP contribution in [0.3, 0.4) is 0 Å². The number of nitrogens with two attached hydrogens (primary N) is 1. The molecule has 0 amide bonds. The minimum Gasteiger partial charge on any atom is -0.388 e. The van der Waals surface area contributed by atoms with E-state index in [2.05, 4.69) is 0 Å². The number of hydrogen-bond acceptors (Lipinski definition) is 6. The number of aliphatic hydroxyl groups is 3. The molecule has 0 aliphatic carbocycles. The number of rotatable bonds is 2. The van der Waals surface area contributed by atoms with E-state index in [0.29, 0.717) is 0 Å². The van der Waals surface area contributed by atoms with Crippen LogP contribution in [0.25, 0.3) is 0 Å². The summed E-state index contributed by atoms with van der Waals surface area (Å²) in [4.78, 5) is 0. The Kier molecular flexibility index (Phi) is 3.82. The van der Waals surface area contributed by atoms with Crippen LogP contribution in [0, 0.1) is 0 Å². The Bertz CT molecular complexity index is 187. The van der Waals surface area contributed by atoms with Crippen molar-refractivity contribution in [3.63, 3.8) is 0 Å². The van der Waals surface area contributed by atoms with Crippen LogP contribution < -0.4 is 5.73 Å². The SMILES string of the molecule is COC1OC(C(C)N)C(O)C(O)C1O. The molecule has 0 aromatic carbocycles. The van der Waals surface area contributed by atoms with Crippen molar-refractivity contribution in [3.05, 3.63) is 0 Å². The molecule has 0 spiro atoms. The lowest BCUT2D eigenvalue weighted by Gasteiger charge is -2.41. The highest BCUT2D eigenvalue weighted by Crippen LogP contribution is 2.22. The molecule has 84 valence electrons. The van der Waals surface area contributed by atoms with Crippen molar-refractivity contribution >= 4 is 0 Å². The highest BCUT2D eigenvalue weighted by atomic mass is 16.7. The monoisotopic (exact) mass is 207 g/mol. The van der Waals surface area contributed by atoms with E-state index in [1.807, 2.05) is 0 Å². The van der Waals surface area contributed by atoms with Crippen molar-refractivity contribution in [1.29, 1.82) is 0 Å². The van der Waals surface area contributed by atoms with Crippen LogP contribution in [-0.4, -0.2) is 59.2 Å². The van der Waals surface area contributed by atoms with Crippen molar-refractivity contribution in [2.24, 2.45) is 5.73 Å². The van der Waals surface area contributed by atoms with Crippen LogP contribution in [0.4, 0.5) is 0 Å². The average Bonchev–Trinajstić information content (AvgIpc) is 2.14. The molecular weight excluding hydrogens is 190 g/mol. The summed E-state index contributed by atoms with van der Waals surface area (Å²) in [5.74, 6) is 0. The Morgan fingerprint density at radius 2 is 1.79 bits per heavy atom. The van der Waals surface area contributed by atoms with Gasteiger partial charge in [0.15, 0.2) is 6.29 Å². The van der Waals surface area contributed by atoms with Gasteiger partial charge in [-0.25, -0.2) is 0 Å². The Hall–Kier alpha value is -0.240. The lowest BCUT2D eigenvalue weighted by atomic mass is 9.95. The molecule has 0 aromatic rings. The van der Waals surface area contributed by atoms with Crippen molar-refractivity contribution in [2.45, 2.75) is 43.7 Å². The number of ether oxygens (including phenoxy) is 2. The van der Waals surface area contributed by atoms with Gasteiger partial charge in [-0.15, -0.1) is 0 Å². The molecule has 1 fully saturated rings. The van der Waals surface area contributed by atoms with Gasteiger partial charge in [0.05, 0.1) is 0 Å². The van der Waals surface area contributed by atoms with E-state index in [0.717, 1.165) is 0 Å². The molecule has 14 heavy (non-hydrogen) atoms. The molecule has 6 heteroatoms. The average molecular weight is 207 g/mol. The van der Waals surface area contributed by atoms with E-state index >= 15 is 0 Å². The van der Waals surface area contributed by atoms with Crippen molar-refractivity contribution < 1.29 is 24.8 Å². The van der Waals surface area contributed by atoms with Crippen LogP contribution in [0.1, 0.15) is 6.92 Å². The topological polar surface area (TPSA) is 105 Å². The van der Waals surface area contributed by atoms with Gasteiger partial charge in [0, 0.05) is 13.2 Å². The molecule has 0 radical (unpaired) electrons. The third-order valence-electron chi connectivity index (χ3n) is 2.36. The van der Waals surface area contributed by atoms with Crippen LogP contribution in [0.15, 0.2) is 0 Å². The van der Waals surface area contributed by atoms with Gasteiger partial charge in [0.1, 0.15) is 24.4 Å². The van der Waals surface area contributed by atoms with Gasteiger partial charge in [-0.2, -0.15) is 0 Å². The number of hydrogen-bond donors (Lipinski definition) is 4. The first-order valence-corrected chi connectivity index (χ1v) is 4.47. The summed E-state index contributed by atoms with van der Waals surface area (Å²) in [5.41, 5.74) is 5.55. The lowest BCUT2D eigenvalue weighted by molar-refractivity contribution is -0.292. The third kappa shape index (κ3) is 2.05. The van der Waals surface area contributed by atoms with Gasteiger partial charge in [-0.05, 0) is 6.92 Å². The molecule has 1 aliphatic heterocycles. The second-order valence-corrected chi connectivity index (χ2v) is 3.54. The predicted molar refractivity (Wildman–Crippen MR) is 47.3 cm³/mol. The Morgan fingerprint density at radius 3 is 2.21 bits per heavy atom. The standard InChI is InChI=1S/C8H17NO5/c1-3(9)7-5(11)4(10)6(12)8(13-2)14-7/h3-8,10-12H,9H2,1-2H3. The molecule has 0 bridgehead atoms. The molecule has 5 N–H and O–H groups in total. The quantitative estimate of drug-likeness (QED) is 0.409. The summed E-state index contributed by atoms with van der Waals surface area (Å²) in [6, 6.07) is -0.454. The van der Waals surface area contributed by atoms with Crippen molar-refractivity contribution in [1.82, 2.24) is 0 Å². The minimum atomic E-state index is -1.30. The molecule has 6 atom stereocenters. The van der Waals surface area contributed by atoms with E-state index in [1.54, 1.807) is 6.92 Å². The van der Waals surface area contributed by atoms with E-state index in [4.69, 9.17) is 15.2 Å². The van der Waals surface area contributed by atoms with Gasteiger partial charge in [0.2, 0.25) is 0 Å². The maximum absolute atomic E-state index is 9.52. The van der Waals surface area contributed by atoms with Gasteiger partial charge >= 0.3 is 0 Å². The molecule has 1 saturated heterocycles. The van der Waals surface area contributed by atoms with Crippen LogP contribution in [0.2, 0.25) is 0 Å². The summed E-state index contributed by atoms with van der Waals surface area (Å²) >= 11 is 0. The first kappa shape index (κ1) is 11.8. The Balaban J connectivity index is 2.73. The first-order chi connectivity index (χ1) is 6.49. The number of methoxy groups -OCH3 is 1. The summed E-state index contributed by atoms with van der Waals surface area (Å²) in [6.07, 6.45) is -5.45. The molecule has 0 saturated carbocycles. The zero-order valence-electron chi connectivity index (χ0n) is 8.20. The molecule has 6 unspecified atom stereocenters. The van der Waals surface area contributed by atoms with Gasteiger partial charge in [-0.3, -0.25) is 0 Å². The fraction of sp³-hybridized carbons (Fsp3) is 1.00. The zero-order valence-corrected chi connectivity index (χ0v) is 8.20. The zero-order chi connectivity index (χ0) is 10.9. The van der Waals surface area contributed by atoms with Crippen molar-refractivity contribution in [2.75, 3.05) is 7.11 Å². The fourth-order valence-electron chi connectivity index (χ4n) is 1.50. The summed E-state index contributed by atoms with van der Waals surface area (Å²) < 4.78 is 9.99. The maximum Gasteiger partial charge on any atom is 0.186 e. The highest BCUT2D eigenvalue weighted by molar-refractivity contribution is 4.92. The second-order valence-electron chi connectivity index (χ2n) is 3.54. The summed E-state index contributed by atoms with van der Waals surface area (Å²) in [6.45, 7) is 1.64. The van der Waals surface area contributed by atoms with Gasteiger partial charge in [0.25, 0.3) is 0 Å². The van der Waals surface area contributed by atoms with E-state index in [1.165, 1.54) is 7.11 Å². The number of aliphatic hydroxyl groups excluding tert-OH is 3. The molecule has 1 aliphatic rings. The maximum atomic E-state index is 9.52. The predicted octanol–water partition coefficient (Wildman–Crippen LogP) is -2.21. The minimum absolute atomic E-state index is 0.454. The molecular formula is C8H17NO5. The first-order valence-electron chi connectivity index (χ1n) is 4.47. The van der Waals surface area contributed by atoms with E-state index < -0.39 is 36.7 Å². The lowest BCUT2D eigenvalue weighted by Crippen LogP contribution is -2.61. The Labute approximate surface area is 82.2 Å². The molecule has 6 nitrogen and oxygen atoms in total. The van der Waals surface area contributed by atoms with Crippen molar-refractivity contribution in [3.8, 4) is 0 Å². The summed E-state index contributed by atoms with van der Waals surface area (Å²) in [5, 5.41) is 28.4. The largest absolute Gasteiger partial charge is 0.388 e. The molecule has 1 heterocycles. The Morgan fingerprint density at radius 1 is 1.21 bits per heavy atom. The second kappa shape index (κ2) is 4.52. The fourth-order valence-corrected chi connectivity index (χ4v) is 1.50. The van der Waals surface area contributed by atoms with Crippen LogP contribution in [-0.2, 0) is 9.47 Å². The normalized spacial score (nSPS) is 46.3. The van der Waals surface area contributed by atoms with Gasteiger partial charge in [-0.1, -0.05) is 0 Å². The molecule has 1 rings (SSSR count). The third-order valence-corrected chi connectivity index (χ3v) is 2.36. The summed E-state index contributed by atoms with van der Waals surface area (Å²) in [7, 11) is 1.34. The highest BCUT2D eigenvalue weighted by Gasteiger charge is 2.45. The van der Waals surface area contributed by atoms with Crippen LogP contribution >= 0.6 is 0 Å².